The highest BCUT2D eigenvalue weighted by Crippen LogP contribution is 2.35. The average Bonchev–Trinajstić information content (AvgIpc) is 2.88. The first-order valence-corrected chi connectivity index (χ1v) is 13.0. The van der Waals surface area contributed by atoms with Crippen molar-refractivity contribution >= 4 is 17.2 Å². The molecule has 0 spiro atoms. The van der Waals surface area contributed by atoms with E-state index >= 15 is 0 Å². The van der Waals surface area contributed by atoms with E-state index in [9.17, 15) is 4.79 Å². The standard InChI is InChI=1S/C34H39NO2/c1-7-30(28-17-13-10-14-18-28)31(8-2)32(25(3)35-33(36)37-34(4,5)6)29-23-21-27(22-24-29)20-19-26-15-11-9-12-16-26/h7,9-18,21-24H,3,8,19-20H2,1-2,4-6H3,(H,35,36)/b30-7-,32-31+. The summed E-state index contributed by atoms with van der Waals surface area (Å²) >= 11 is 0. The second kappa shape index (κ2) is 12.9. The Morgan fingerprint density at radius 3 is 1.89 bits per heavy atom. The van der Waals surface area contributed by atoms with Gasteiger partial charge in [-0.3, -0.25) is 5.32 Å². The number of ether oxygens (including phenoxy) is 1. The van der Waals surface area contributed by atoms with Crippen molar-refractivity contribution in [2.24, 2.45) is 0 Å². The second-order valence-corrected chi connectivity index (χ2v) is 10.1. The zero-order chi connectivity index (χ0) is 26.8. The van der Waals surface area contributed by atoms with Crippen molar-refractivity contribution in [3.05, 3.63) is 131 Å². The Bertz CT molecular complexity index is 1240. The number of nitrogens with one attached hydrogen (secondary N) is 1. The van der Waals surface area contributed by atoms with Crippen LogP contribution in [0.5, 0.6) is 0 Å². The summed E-state index contributed by atoms with van der Waals surface area (Å²) in [5.41, 5.74) is 7.82. The largest absolute Gasteiger partial charge is 0.444 e. The summed E-state index contributed by atoms with van der Waals surface area (Å²) in [6, 6.07) is 29.5. The lowest BCUT2D eigenvalue weighted by atomic mass is 9.87. The minimum atomic E-state index is -0.596. The minimum absolute atomic E-state index is 0.508. The minimum Gasteiger partial charge on any atom is -0.444 e. The van der Waals surface area contributed by atoms with Gasteiger partial charge in [-0.25, -0.2) is 4.79 Å². The van der Waals surface area contributed by atoms with E-state index in [1.807, 2.05) is 52.0 Å². The number of carbonyl (C=O) groups excluding carboxylic acids is 1. The summed E-state index contributed by atoms with van der Waals surface area (Å²) in [6.45, 7) is 14.0. The quantitative estimate of drug-likeness (QED) is 0.303. The van der Waals surface area contributed by atoms with Crippen LogP contribution in [0.1, 0.15) is 63.3 Å². The molecule has 0 bridgehead atoms. The van der Waals surface area contributed by atoms with E-state index in [1.165, 1.54) is 11.1 Å². The van der Waals surface area contributed by atoms with Gasteiger partial charge in [-0.2, -0.15) is 0 Å². The molecule has 3 heteroatoms. The van der Waals surface area contributed by atoms with Crippen LogP contribution < -0.4 is 5.32 Å². The lowest BCUT2D eigenvalue weighted by molar-refractivity contribution is 0.0548. The van der Waals surface area contributed by atoms with Crippen LogP contribution in [-0.2, 0) is 17.6 Å². The Balaban J connectivity index is 1.99. The van der Waals surface area contributed by atoms with Crippen LogP contribution >= 0.6 is 0 Å². The van der Waals surface area contributed by atoms with E-state index < -0.39 is 11.7 Å². The average molecular weight is 494 g/mol. The fourth-order valence-electron chi connectivity index (χ4n) is 4.43. The summed E-state index contributed by atoms with van der Waals surface area (Å²) in [4.78, 5) is 12.7. The zero-order valence-electron chi connectivity index (χ0n) is 22.8. The van der Waals surface area contributed by atoms with Crippen molar-refractivity contribution in [1.82, 2.24) is 5.32 Å². The lowest BCUT2D eigenvalue weighted by Gasteiger charge is -2.23. The highest BCUT2D eigenvalue weighted by atomic mass is 16.6. The third kappa shape index (κ3) is 8.08. The topological polar surface area (TPSA) is 38.3 Å². The number of amides is 1. The summed E-state index contributed by atoms with van der Waals surface area (Å²) in [7, 11) is 0. The summed E-state index contributed by atoms with van der Waals surface area (Å²) in [5.74, 6) is 0. The van der Waals surface area contributed by atoms with Crippen molar-refractivity contribution in [3.8, 4) is 0 Å². The van der Waals surface area contributed by atoms with E-state index in [1.54, 1.807) is 0 Å². The fraction of sp³-hybridized carbons (Fsp3) is 0.265. The van der Waals surface area contributed by atoms with Crippen LogP contribution in [0.15, 0.2) is 109 Å². The third-order valence-electron chi connectivity index (χ3n) is 6.10. The molecular weight excluding hydrogens is 454 g/mol. The lowest BCUT2D eigenvalue weighted by Crippen LogP contribution is -2.32. The summed E-state index contributed by atoms with van der Waals surface area (Å²) in [5, 5.41) is 2.90. The molecule has 192 valence electrons. The van der Waals surface area contributed by atoms with Gasteiger partial charge in [-0.15, -0.1) is 0 Å². The van der Waals surface area contributed by atoms with E-state index in [0.717, 1.165) is 47.1 Å². The molecule has 0 aromatic heterocycles. The Kier molecular flexibility index (Phi) is 9.68. The van der Waals surface area contributed by atoms with E-state index in [4.69, 9.17) is 4.74 Å². The van der Waals surface area contributed by atoms with Gasteiger partial charge in [0, 0.05) is 11.3 Å². The molecule has 0 unspecified atom stereocenters. The predicted molar refractivity (Wildman–Crippen MR) is 156 cm³/mol. The van der Waals surface area contributed by atoms with Gasteiger partial charge in [0.25, 0.3) is 0 Å². The van der Waals surface area contributed by atoms with Crippen LogP contribution in [0.3, 0.4) is 0 Å². The number of benzene rings is 3. The van der Waals surface area contributed by atoms with Crippen LogP contribution in [0.25, 0.3) is 11.1 Å². The summed E-state index contributed by atoms with van der Waals surface area (Å²) in [6.07, 6.45) is 4.35. The monoisotopic (exact) mass is 493 g/mol. The first-order valence-electron chi connectivity index (χ1n) is 13.0. The molecule has 3 rings (SSSR count). The molecule has 3 aromatic rings. The molecule has 0 radical (unpaired) electrons. The van der Waals surface area contributed by atoms with Gasteiger partial charge in [-0.05, 0) is 80.4 Å². The van der Waals surface area contributed by atoms with Crippen molar-refractivity contribution < 1.29 is 9.53 Å². The number of allylic oxidation sites excluding steroid dienone is 4. The second-order valence-electron chi connectivity index (χ2n) is 10.1. The molecular formula is C34H39NO2. The number of hydrogen-bond acceptors (Lipinski definition) is 2. The zero-order valence-corrected chi connectivity index (χ0v) is 22.8. The molecule has 0 aliphatic rings. The van der Waals surface area contributed by atoms with E-state index in [-0.39, 0.29) is 0 Å². The van der Waals surface area contributed by atoms with Crippen LogP contribution in [0.4, 0.5) is 4.79 Å². The number of carbonyl (C=O) groups is 1. The fourth-order valence-corrected chi connectivity index (χ4v) is 4.43. The normalized spacial score (nSPS) is 12.5. The van der Waals surface area contributed by atoms with Gasteiger partial charge >= 0.3 is 6.09 Å². The number of aryl methyl sites for hydroxylation is 2. The van der Waals surface area contributed by atoms with Crippen molar-refractivity contribution in [2.45, 2.75) is 59.5 Å². The van der Waals surface area contributed by atoms with E-state index in [2.05, 4.69) is 85.6 Å². The molecule has 0 fully saturated rings. The van der Waals surface area contributed by atoms with Gasteiger partial charge in [0.1, 0.15) is 5.60 Å². The maximum atomic E-state index is 12.7. The predicted octanol–water partition coefficient (Wildman–Crippen LogP) is 8.78. The first kappa shape index (κ1) is 27.7. The van der Waals surface area contributed by atoms with Crippen molar-refractivity contribution in [3.63, 3.8) is 0 Å². The molecule has 0 aliphatic heterocycles. The maximum absolute atomic E-state index is 12.7. The molecule has 0 saturated carbocycles. The molecule has 1 N–H and O–H groups in total. The van der Waals surface area contributed by atoms with E-state index in [0.29, 0.717) is 5.70 Å². The Morgan fingerprint density at radius 2 is 1.38 bits per heavy atom. The number of alkyl carbamates (subject to hydrolysis) is 1. The molecule has 1 amide bonds. The van der Waals surface area contributed by atoms with Crippen LogP contribution in [-0.4, -0.2) is 11.7 Å². The van der Waals surface area contributed by atoms with Gasteiger partial charge in [0.15, 0.2) is 0 Å². The van der Waals surface area contributed by atoms with Crippen molar-refractivity contribution in [1.29, 1.82) is 0 Å². The van der Waals surface area contributed by atoms with Crippen LogP contribution in [0, 0.1) is 0 Å². The van der Waals surface area contributed by atoms with Crippen molar-refractivity contribution in [2.75, 3.05) is 0 Å². The molecule has 0 atom stereocenters. The number of hydrogen-bond donors (Lipinski definition) is 1. The smallest absolute Gasteiger partial charge is 0.412 e. The van der Waals surface area contributed by atoms with Gasteiger partial charge < -0.3 is 4.74 Å². The van der Waals surface area contributed by atoms with Gasteiger partial charge in [-0.1, -0.05) is 105 Å². The molecule has 0 saturated heterocycles. The molecule has 3 aromatic carbocycles. The summed E-state index contributed by atoms with van der Waals surface area (Å²) < 4.78 is 5.52. The Labute approximate surface area is 222 Å². The molecule has 0 heterocycles. The molecule has 3 nitrogen and oxygen atoms in total. The Morgan fingerprint density at radius 1 is 0.838 bits per heavy atom. The highest BCUT2D eigenvalue weighted by Gasteiger charge is 2.21. The third-order valence-corrected chi connectivity index (χ3v) is 6.10. The SMILES string of the molecule is C=C(NC(=O)OC(C)(C)C)/C(=C(CC)\C(=C/C)c1ccccc1)c1ccc(CCc2ccccc2)cc1. The maximum Gasteiger partial charge on any atom is 0.412 e. The van der Waals surface area contributed by atoms with Gasteiger partial charge in [0.2, 0.25) is 0 Å². The first-order chi connectivity index (χ1) is 17.7. The van der Waals surface area contributed by atoms with Gasteiger partial charge in [0.05, 0.1) is 0 Å². The number of rotatable bonds is 9. The molecule has 0 aliphatic carbocycles. The Hall–Kier alpha value is -3.85. The highest BCUT2D eigenvalue weighted by molar-refractivity contribution is 5.95. The van der Waals surface area contributed by atoms with Crippen LogP contribution in [0.2, 0.25) is 0 Å². The molecule has 37 heavy (non-hydrogen) atoms.